The van der Waals surface area contributed by atoms with Crippen LogP contribution in [0.5, 0.6) is 0 Å². The van der Waals surface area contributed by atoms with Gasteiger partial charge < -0.3 is 10.6 Å². The molecule has 0 aliphatic heterocycles. The zero-order chi connectivity index (χ0) is 14.6. The molecule has 0 bridgehead atoms. The average Bonchev–Trinajstić information content (AvgIpc) is 2.30. The van der Waals surface area contributed by atoms with Gasteiger partial charge in [0.2, 0.25) is 11.8 Å². The van der Waals surface area contributed by atoms with E-state index in [0.29, 0.717) is 10.7 Å². The van der Waals surface area contributed by atoms with Gasteiger partial charge in [-0.05, 0) is 30.5 Å². The summed E-state index contributed by atoms with van der Waals surface area (Å²) >= 11 is 6.00. The Labute approximate surface area is 118 Å². The van der Waals surface area contributed by atoms with Crippen molar-refractivity contribution >= 4 is 29.1 Å². The van der Waals surface area contributed by atoms with Crippen LogP contribution in [0.15, 0.2) is 18.2 Å². The van der Waals surface area contributed by atoms with Gasteiger partial charge in [-0.2, -0.15) is 0 Å². The molecular formula is C14H19ClN2O2. The number of aryl methyl sites for hydroxylation is 1. The number of nitrogens with one attached hydrogen (secondary N) is 2. The fourth-order valence-corrected chi connectivity index (χ4v) is 1.83. The fourth-order valence-electron chi connectivity index (χ4n) is 1.64. The van der Waals surface area contributed by atoms with Crippen LogP contribution in [0.3, 0.4) is 0 Å². The third-order valence-corrected chi connectivity index (χ3v) is 3.15. The molecule has 1 rings (SSSR count). The van der Waals surface area contributed by atoms with E-state index in [1.165, 1.54) is 6.92 Å². The molecule has 0 saturated carbocycles. The number of hydrogen-bond acceptors (Lipinski definition) is 2. The molecule has 1 aromatic rings. The number of halogens is 1. The number of rotatable bonds is 4. The number of carbonyl (C=O) groups excluding carboxylic acids is 2. The van der Waals surface area contributed by atoms with Gasteiger partial charge in [0, 0.05) is 17.6 Å². The van der Waals surface area contributed by atoms with Crippen LogP contribution in [0.1, 0.15) is 26.3 Å². The Hall–Kier alpha value is -1.55. The minimum atomic E-state index is -0.558. The quantitative estimate of drug-likeness (QED) is 0.892. The van der Waals surface area contributed by atoms with Gasteiger partial charge in [-0.15, -0.1) is 0 Å². The molecule has 2 amide bonds. The molecule has 19 heavy (non-hydrogen) atoms. The summed E-state index contributed by atoms with van der Waals surface area (Å²) in [6, 6.07) is 4.75. The van der Waals surface area contributed by atoms with Crippen LogP contribution in [0.2, 0.25) is 5.02 Å². The van der Waals surface area contributed by atoms with Crippen molar-refractivity contribution in [2.45, 2.75) is 33.7 Å². The average molecular weight is 283 g/mol. The number of anilines is 1. The van der Waals surface area contributed by atoms with Gasteiger partial charge in [0.05, 0.1) is 0 Å². The normalized spacial score (nSPS) is 12.1. The monoisotopic (exact) mass is 282 g/mol. The predicted molar refractivity (Wildman–Crippen MR) is 77.3 cm³/mol. The Morgan fingerprint density at radius 2 is 1.89 bits per heavy atom. The Balaban J connectivity index is 2.81. The van der Waals surface area contributed by atoms with Crippen LogP contribution in [-0.4, -0.2) is 17.9 Å². The van der Waals surface area contributed by atoms with E-state index in [9.17, 15) is 9.59 Å². The maximum absolute atomic E-state index is 12.1. The second kappa shape index (κ2) is 6.57. The predicted octanol–water partition coefficient (Wildman–Crippen LogP) is 2.75. The first-order valence-corrected chi connectivity index (χ1v) is 6.53. The van der Waals surface area contributed by atoms with Gasteiger partial charge in [-0.1, -0.05) is 31.5 Å². The van der Waals surface area contributed by atoms with Crippen molar-refractivity contribution in [2.75, 3.05) is 5.32 Å². The van der Waals surface area contributed by atoms with Gasteiger partial charge in [0.15, 0.2) is 0 Å². The molecule has 2 N–H and O–H groups in total. The highest BCUT2D eigenvalue weighted by molar-refractivity contribution is 6.31. The Morgan fingerprint density at radius 3 is 2.37 bits per heavy atom. The molecular weight excluding hydrogens is 264 g/mol. The highest BCUT2D eigenvalue weighted by atomic mass is 35.5. The van der Waals surface area contributed by atoms with Crippen LogP contribution in [0.4, 0.5) is 5.69 Å². The van der Waals surface area contributed by atoms with Crippen molar-refractivity contribution in [1.29, 1.82) is 0 Å². The van der Waals surface area contributed by atoms with Crippen molar-refractivity contribution in [2.24, 2.45) is 5.92 Å². The van der Waals surface area contributed by atoms with E-state index in [-0.39, 0.29) is 17.7 Å². The lowest BCUT2D eigenvalue weighted by Gasteiger charge is -2.21. The summed E-state index contributed by atoms with van der Waals surface area (Å²) in [6.07, 6.45) is 0. The van der Waals surface area contributed by atoms with E-state index in [1.54, 1.807) is 12.1 Å². The van der Waals surface area contributed by atoms with Gasteiger partial charge in [0.25, 0.3) is 0 Å². The summed E-state index contributed by atoms with van der Waals surface area (Å²) in [6.45, 7) is 7.04. The molecule has 5 heteroatoms. The molecule has 104 valence electrons. The number of benzene rings is 1. The third-order valence-electron chi connectivity index (χ3n) is 2.75. The second-order valence-corrected chi connectivity index (χ2v) is 5.28. The number of carbonyl (C=O) groups is 2. The van der Waals surface area contributed by atoms with E-state index in [1.807, 2.05) is 26.8 Å². The first-order valence-electron chi connectivity index (χ1n) is 6.15. The lowest BCUT2D eigenvalue weighted by atomic mass is 10.0. The Morgan fingerprint density at radius 1 is 1.26 bits per heavy atom. The van der Waals surface area contributed by atoms with E-state index in [4.69, 9.17) is 11.6 Å². The summed E-state index contributed by atoms with van der Waals surface area (Å²) in [4.78, 5) is 23.2. The molecule has 1 atom stereocenters. The first kappa shape index (κ1) is 15.5. The number of amides is 2. The van der Waals surface area contributed by atoms with Crippen LogP contribution in [0.25, 0.3) is 0 Å². The highest BCUT2D eigenvalue weighted by Gasteiger charge is 2.23. The minimum Gasteiger partial charge on any atom is -0.344 e. The van der Waals surface area contributed by atoms with Crippen molar-refractivity contribution in [3.05, 3.63) is 28.8 Å². The number of hydrogen-bond donors (Lipinski definition) is 2. The topological polar surface area (TPSA) is 58.2 Å². The molecule has 4 nitrogen and oxygen atoms in total. The summed E-state index contributed by atoms with van der Waals surface area (Å²) in [5.74, 6) is -0.467. The molecule has 0 heterocycles. The molecule has 1 unspecified atom stereocenters. The minimum absolute atomic E-state index is 0.00446. The van der Waals surface area contributed by atoms with Gasteiger partial charge in [0.1, 0.15) is 6.04 Å². The van der Waals surface area contributed by atoms with Crippen molar-refractivity contribution < 1.29 is 9.59 Å². The molecule has 0 aromatic heterocycles. The maximum atomic E-state index is 12.1. The molecule has 0 spiro atoms. The van der Waals surface area contributed by atoms with Crippen molar-refractivity contribution in [3.8, 4) is 0 Å². The van der Waals surface area contributed by atoms with Gasteiger partial charge in [-0.25, -0.2) is 0 Å². The summed E-state index contributed by atoms with van der Waals surface area (Å²) < 4.78 is 0. The van der Waals surface area contributed by atoms with Crippen molar-refractivity contribution in [3.63, 3.8) is 0 Å². The SMILES string of the molecule is CC(=O)NC(C(=O)Nc1ccc(C)c(Cl)c1)C(C)C. The lowest BCUT2D eigenvalue weighted by molar-refractivity contribution is -0.126. The highest BCUT2D eigenvalue weighted by Crippen LogP contribution is 2.20. The summed E-state index contributed by atoms with van der Waals surface area (Å²) in [5.41, 5.74) is 1.57. The molecule has 0 fully saturated rings. The standard InChI is InChI=1S/C14H19ClN2O2/c1-8(2)13(16-10(4)18)14(19)17-11-6-5-9(3)12(15)7-11/h5-8,13H,1-4H3,(H,16,18)(H,17,19). The molecule has 0 aliphatic rings. The van der Waals surface area contributed by atoms with E-state index in [0.717, 1.165) is 5.56 Å². The first-order chi connectivity index (χ1) is 8.81. The van der Waals surface area contributed by atoms with Crippen LogP contribution in [-0.2, 0) is 9.59 Å². The summed E-state index contributed by atoms with van der Waals surface area (Å²) in [7, 11) is 0. The maximum Gasteiger partial charge on any atom is 0.247 e. The van der Waals surface area contributed by atoms with E-state index >= 15 is 0 Å². The molecule has 0 saturated heterocycles. The smallest absolute Gasteiger partial charge is 0.247 e. The molecule has 1 aromatic carbocycles. The largest absolute Gasteiger partial charge is 0.344 e. The molecule has 0 radical (unpaired) electrons. The van der Waals surface area contributed by atoms with Crippen LogP contribution in [0, 0.1) is 12.8 Å². The fraction of sp³-hybridized carbons (Fsp3) is 0.429. The second-order valence-electron chi connectivity index (χ2n) is 4.88. The van der Waals surface area contributed by atoms with E-state index < -0.39 is 6.04 Å². The van der Waals surface area contributed by atoms with Crippen molar-refractivity contribution in [1.82, 2.24) is 5.32 Å². The van der Waals surface area contributed by atoms with E-state index in [2.05, 4.69) is 10.6 Å². The molecule has 0 aliphatic carbocycles. The zero-order valence-corrected chi connectivity index (χ0v) is 12.3. The third kappa shape index (κ3) is 4.56. The Kier molecular flexibility index (Phi) is 5.36. The Bertz CT molecular complexity index is 486. The van der Waals surface area contributed by atoms with Gasteiger partial charge >= 0.3 is 0 Å². The summed E-state index contributed by atoms with van der Waals surface area (Å²) in [5, 5.41) is 6.00. The van der Waals surface area contributed by atoms with Crippen LogP contribution >= 0.6 is 11.6 Å². The zero-order valence-electron chi connectivity index (χ0n) is 11.6. The van der Waals surface area contributed by atoms with Gasteiger partial charge in [-0.3, -0.25) is 9.59 Å². The van der Waals surface area contributed by atoms with Crippen LogP contribution < -0.4 is 10.6 Å². The lowest BCUT2D eigenvalue weighted by Crippen LogP contribution is -2.46.